The first kappa shape index (κ1) is 20.0. The van der Waals surface area contributed by atoms with Crippen molar-refractivity contribution in [2.75, 3.05) is 0 Å². The van der Waals surface area contributed by atoms with Crippen molar-refractivity contribution >= 4 is 0 Å². The third kappa shape index (κ3) is 6.16. The zero-order chi connectivity index (χ0) is 18.9. The van der Waals surface area contributed by atoms with E-state index in [2.05, 4.69) is 48.1 Å². The number of aromatic nitrogens is 2. The van der Waals surface area contributed by atoms with Gasteiger partial charge in [-0.2, -0.15) is 0 Å². The Morgan fingerprint density at radius 2 is 1.37 bits per heavy atom. The summed E-state index contributed by atoms with van der Waals surface area (Å²) < 4.78 is 0. The summed E-state index contributed by atoms with van der Waals surface area (Å²) in [6, 6.07) is 8.90. The second kappa shape index (κ2) is 10.6. The van der Waals surface area contributed by atoms with Crippen molar-refractivity contribution in [1.82, 2.24) is 9.97 Å². The van der Waals surface area contributed by atoms with E-state index in [1.54, 1.807) is 0 Å². The summed E-state index contributed by atoms with van der Waals surface area (Å²) >= 11 is 0. The van der Waals surface area contributed by atoms with Gasteiger partial charge < -0.3 is 0 Å². The highest BCUT2D eigenvalue weighted by atomic mass is 14.9. The van der Waals surface area contributed by atoms with Crippen molar-refractivity contribution in [2.24, 2.45) is 11.8 Å². The highest BCUT2D eigenvalue weighted by Gasteiger charge is 2.20. The van der Waals surface area contributed by atoms with E-state index in [1.807, 2.05) is 12.4 Å². The molecule has 1 fully saturated rings. The van der Waals surface area contributed by atoms with E-state index in [9.17, 15) is 0 Å². The lowest BCUT2D eigenvalue weighted by Crippen LogP contribution is -2.15. The van der Waals surface area contributed by atoms with Gasteiger partial charge in [0.15, 0.2) is 0 Å². The van der Waals surface area contributed by atoms with Crippen molar-refractivity contribution in [3.63, 3.8) is 0 Å². The van der Waals surface area contributed by atoms with Crippen LogP contribution in [0.4, 0.5) is 0 Å². The average molecular weight is 365 g/mol. The molecule has 0 unspecified atom stereocenters. The second-order valence-corrected chi connectivity index (χ2v) is 8.40. The Bertz CT molecular complexity index is 652. The predicted octanol–water partition coefficient (Wildman–Crippen LogP) is 7.03. The maximum absolute atomic E-state index is 4.64. The summed E-state index contributed by atoms with van der Waals surface area (Å²) in [5.74, 6) is 2.89. The van der Waals surface area contributed by atoms with E-state index in [0.717, 1.165) is 29.6 Å². The van der Waals surface area contributed by atoms with Gasteiger partial charge in [-0.3, -0.25) is 0 Å². The molecular formula is C25H36N2. The van der Waals surface area contributed by atoms with Crippen LogP contribution in [0.2, 0.25) is 0 Å². The van der Waals surface area contributed by atoms with Crippen LogP contribution in [0.1, 0.15) is 83.0 Å². The van der Waals surface area contributed by atoms with E-state index in [0.29, 0.717) is 0 Å². The van der Waals surface area contributed by atoms with Gasteiger partial charge in [0.25, 0.3) is 0 Å². The number of aryl methyl sites for hydroxylation is 2. The van der Waals surface area contributed by atoms with Crippen molar-refractivity contribution in [3.8, 4) is 11.1 Å². The van der Waals surface area contributed by atoms with Gasteiger partial charge >= 0.3 is 0 Å². The number of unbranched alkanes of at least 4 members (excludes halogenated alkanes) is 1. The molecule has 3 rings (SSSR count). The second-order valence-electron chi connectivity index (χ2n) is 8.40. The molecule has 0 aliphatic heterocycles. The minimum atomic E-state index is 0.886. The normalized spacial score (nSPS) is 19.9. The molecule has 0 saturated heterocycles. The third-order valence-electron chi connectivity index (χ3n) is 6.25. The Kier molecular flexibility index (Phi) is 7.86. The Labute approximate surface area is 165 Å². The molecule has 2 heteroatoms. The van der Waals surface area contributed by atoms with E-state index < -0.39 is 0 Å². The first-order valence-electron chi connectivity index (χ1n) is 11.2. The van der Waals surface area contributed by atoms with E-state index >= 15 is 0 Å². The SMILES string of the molecule is CCCCc1ccc(-c2cnc(CCC3CCC(CCC)CC3)nc2)cc1. The first-order valence-corrected chi connectivity index (χ1v) is 11.2. The molecule has 27 heavy (non-hydrogen) atoms. The van der Waals surface area contributed by atoms with Crippen molar-refractivity contribution in [2.45, 2.75) is 84.5 Å². The van der Waals surface area contributed by atoms with Crippen LogP contribution < -0.4 is 0 Å². The molecule has 1 aromatic carbocycles. The van der Waals surface area contributed by atoms with Crippen molar-refractivity contribution < 1.29 is 0 Å². The molecule has 0 radical (unpaired) electrons. The Hall–Kier alpha value is -1.70. The predicted molar refractivity (Wildman–Crippen MR) is 115 cm³/mol. The molecule has 1 heterocycles. The van der Waals surface area contributed by atoms with Gasteiger partial charge in [-0.05, 0) is 42.2 Å². The number of hydrogen-bond acceptors (Lipinski definition) is 2. The third-order valence-corrected chi connectivity index (χ3v) is 6.25. The van der Waals surface area contributed by atoms with Gasteiger partial charge in [0.2, 0.25) is 0 Å². The number of benzene rings is 1. The van der Waals surface area contributed by atoms with Crippen molar-refractivity contribution in [1.29, 1.82) is 0 Å². The summed E-state index contributed by atoms with van der Waals surface area (Å²) in [5, 5.41) is 0. The minimum absolute atomic E-state index is 0.886. The maximum Gasteiger partial charge on any atom is 0.128 e. The summed E-state index contributed by atoms with van der Waals surface area (Å²) in [4.78, 5) is 9.29. The van der Waals surface area contributed by atoms with Crippen LogP contribution in [-0.4, -0.2) is 9.97 Å². The molecule has 1 aromatic heterocycles. The van der Waals surface area contributed by atoms with Gasteiger partial charge in [0, 0.05) is 24.4 Å². The van der Waals surface area contributed by atoms with E-state index in [-0.39, 0.29) is 0 Å². The highest BCUT2D eigenvalue weighted by molar-refractivity contribution is 5.61. The molecule has 1 aliphatic rings. The fraction of sp³-hybridized carbons (Fsp3) is 0.600. The zero-order valence-electron chi connectivity index (χ0n) is 17.3. The molecule has 2 nitrogen and oxygen atoms in total. The minimum Gasteiger partial charge on any atom is -0.241 e. The smallest absolute Gasteiger partial charge is 0.128 e. The zero-order valence-corrected chi connectivity index (χ0v) is 17.3. The fourth-order valence-corrected chi connectivity index (χ4v) is 4.43. The largest absolute Gasteiger partial charge is 0.241 e. The summed E-state index contributed by atoms with van der Waals surface area (Å²) in [5.41, 5.74) is 3.77. The molecule has 0 spiro atoms. The van der Waals surface area contributed by atoms with Crippen LogP contribution in [0.3, 0.4) is 0 Å². The number of nitrogens with zero attached hydrogens (tertiary/aromatic N) is 2. The Morgan fingerprint density at radius 3 is 1.96 bits per heavy atom. The lowest BCUT2D eigenvalue weighted by atomic mass is 9.78. The molecule has 1 saturated carbocycles. The number of rotatable bonds is 9. The van der Waals surface area contributed by atoms with Crippen LogP contribution in [0.5, 0.6) is 0 Å². The van der Waals surface area contributed by atoms with Gasteiger partial charge in [0.1, 0.15) is 5.82 Å². The maximum atomic E-state index is 4.64. The molecule has 2 aromatic rings. The standard InChI is InChI=1S/C25H36N2/c1-3-5-7-21-12-15-23(16-13-21)24-18-26-25(27-19-24)17-14-22-10-8-20(6-4-2)9-11-22/h12-13,15-16,18-20,22H,3-11,14,17H2,1-2H3. The fourth-order valence-electron chi connectivity index (χ4n) is 4.43. The van der Waals surface area contributed by atoms with Gasteiger partial charge in [0.05, 0.1) is 0 Å². The molecular weight excluding hydrogens is 328 g/mol. The average Bonchev–Trinajstić information content (AvgIpc) is 2.73. The number of hydrogen-bond donors (Lipinski definition) is 0. The quantitative estimate of drug-likeness (QED) is 0.477. The van der Waals surface area contributed by atoms with Gasteiger partial charge in [-0.1, -0.05) is 83.1 Å². The summed E-state index contributed by atoms with van der Waals surface area (Å²) in [7, 11) is 0. The lowest BCUT2D eigenvalue weighted by molar-refractivity contribution is 0.251. The Balaban J connectivity index is 1.47. The van der Waals surface area contributed by atoms with Gasteiger partial charge in [-0.25, -0.2) is 9.97 Å². The van der Waals surface area contributed by atoms with Crippen LogP contribution in [-0.2, 0) is 12.8 Å². The molecule has 146 valence electrons. The van der Waals surface area contributed by atoms with Crippen LogP contribution in [0, 0.1) is 11.8 Å². The lowest BCUT2D eigenvalue weighted by Gasteiger charge is -2.28. The molecule has 0 N–H and O–H groups in total. The summed E-state index contributed by atoms with van der Waals surface area (Å²) in [6.45, 7) is 4.55. The topological polar surface area (TPSA) is 25.8 Å². The van der Waals surface area contributed by atoms with Gasteiger partial charge in [-0.15, -0.1) is 0 Å². The molecule has 1 aliphatic carbocycles. The summed E-state index contributed by atoms with van der Waals surface area (Å²) in [6.07, 6.45) is 18.4. The van der Waals surface area contributed by atoms with Crippen LogP contribution in [0.15, 0.2) is 36.7 Å². The Morgan fingerprint density at radius 1 is 0.741 bits per heavy atom. The van der Waals surface area contributed by atoms with Crippen LogP contribution in [0.25, 0.3) is 11.1 Å². The molecule has 0 bridgehead atoms. The molecule has 0 amide bonds. The van der Waals surface area contributed by atoms with Crippen LogP contribution >= 0.6 is 0 Å². The van der Waals surface area contributed by atoms with Crippen molar-refractivity contribution in [3.05, 3.63) is 48.0 Å². The monoisotopic (exact) mass is 364 g/mol. The highest BCUT2D eigenvalue weighted by Crippen LogP contribution is 2.33. The van der Waals surface area contributed by atoms with E-state index in [4.69, 9.17) is 0 Å². The van der Waals surface area contributed by atoms with E-state index in [1.165, 1.54) is 75.3 Å². The first-order chi connectivity index (χ1) is 13.3. The molecule has 0 atom stereocenters.